The zero-order valence-corrected chi connectivity index (χ0v) is 10.1. The van der Waals surface area contributed by atoms with Crippen molar-refractivity contribution in [2.45, 2.75) is 6.92 Å². The Hall–Kier alpha value is -1.20. The molecule has 0 N–H and O–H groups in total. The van der Waals surface area contributed by atoms with Gasteiger partial charge in [0.1, 0.15) is 5.76 Å². The van der Waals surface area contributed by atoms with Gasteiger partial charge in [-0.05, 0) is 19.1 Å². The minimum Gasteiger partial charge on any atom is -0.474 e. The highest BCUT2D eigenvalue weighted by molar-refractivity contribution is 8.16. The third-order valence-corrected chi connectivity index (χ3v) is 3.66. The maximum atomic E-state index is 11.4. The fourth-order valence-corrected chi connectivity index (χ4v) is 2.97. The summed E-state index contributed by atoms with van der Waals surface area (Å²) in [4.78, 5) is 1.53. The highest BCUT2D eigenvalue weighted by Crippen LogP contribution is 2.32. The van der Waals surface area contributed by atoms with Gasteiger partial charge in [-0.2, -0.15) is 0 Å². The SMILES string of the molecule is CC1=C(S(=O)(=O)Cl)N(c2ccccc2)CO1. The lowest BCUT2D eigenvalue weighted by Gasteiger charge is -2.17. The third kappa shape index (κ3) is 2.01. The number of benzene rings is 1. The summed E-state index contributed by atoms with van der Waals surface area (Å²) in [5.74, 6) is 0.318. The Morgan fingerprint density at radius 3 is 2.50 bits per heavy atom. The van der Waals surface area contributed by atoms with Crippen molar-refractivity contribution in [2.24, 2.45) is 0 Å². The smallest absolute Gasteiger partial charge is 0.280 e. The molecular formula is C10H10ClNO3S. The van der Waals surface area contributed by atoms with Crippen molar-refractivity contribution in [3.8, 4) is 0 Å². The molecule has 0 aliphatic carbocycles. The first-order valence-electron chi connectivity index (χ1n) is 4.61. The minimum absolute atomic E-state index is 0.0142. The Labute approximate surface area is 98.5 Å². The summed E-state index contributed by atoms with van der Waals surface area (Å²) in [6.45, 7) is 1.75. The van der Waals surface area contributed by atoms with Gasteiger partial charge in [0.15, 0.2) is 11.8 Å². The van der Waals surface area contributed by atoms with Crippen LogP contribution in [-0.2, 0) is 13.8 Å². The molecular weight excluding hydrogens is 250 g/mol. The van der Waals surface area contributed by atoms with E-state index >= 15 is 0 Å². The van der Waals surface area contributed by atoms with Crippen molar-refractivity contribution in [1.82, 2.24) is 0 Å². The minimum atomic E-state index is -3.80. The first-order valence-corrected chi connectivity index (χ1v) is 6.92. The van der Waals surface area contributed by atoms with Crippen LogP contribution >= 0.6 is 10.7 Å². The van der Waals surface area contributed by atoms with Gasteiger partial charge in [0.05, 0.1) is 0 Å². The Kier molecular flexibility index (Phi) is 2.82. The van der Waals surface area contributed by atoms with E-state index in [0.717, 1.165) is 5.69 Å². The summed E-state index contributed by atoms with van der Waals surface area (Å²) < 4.78 is 28.0. The molecule has 0 unspecified atom stereocenters. The van der Waals surface area contributed by atoms with Crippen LogP contribution in [0.3, 0.4) is 0 Å². The van der Waals surface area contributed by atoms with E-state index < -0.39 is 9.05 Å². The van der Waals surface area contributed by atoms with Crippen molar-refractivity contribution in [3.05, 3.63) is 41.1 Å². The molecule has 2 rings (SSSR count). The molecule has 0 atom stereocenters. The molecule has 0 aromatic heterocycles. The van der Waals surface area contributed by atoms with Crippen LogP contribution in [0.5, 0.6) is 0 Å². The number of nitrogens with zero attached hydrogens (tertiary/aromatic N) is 1. The average molecular weight is 260 g/mol. The van der Waals surface area contributed by atoms with Crippen molar-refractivity contribution in [3.63, 3.8) is 0 Å². The van der Waals surface area contributed by atoms with Crippen molar-refractivity contribution in [2.75, 3.05) is 11.6 Å². The van der Waals surface area contributed by atoms with Gasteiger partial charge in [0.2, 0.25) is 0 Å². The fourth-order valence-electron chi connectivity index (χ4n) is 1.57. The Morgan fingerprint density at radius 1 is 1.31 bits per heavy atom. The van der Waals surface area contributed by atoms with E-state index in [2.05, 4.69) is 0 Å². The van der Waals surface area contributed by atoms with Crippen LogP contribution in [0.2, 0.25) is 0 Å². The van der Waals surface area contributed by atoms with Crippen LogP contribution in [0.4, 0.5) is 5.69 Å². The van der Waals surface area contributed by atoms with E-state index in [1.54, 1.807) is 19.1 Å². The molecule has 1 aliphatic heterocycles. The molecule has 0 saturated carbocycles. The van der Waals surface area contributed by atoms with Crippen LogP contribution < -0.4 is 4.90 Å². The summed E-state index contributed by atoms with van der Waals surface area (Å²) >= 11 is 0. The number of ether oxygens (including phenoxy) is 1. The summed E-state index contributed by atoms with van der Waals surface area (Å²) in [5.41, 5.74) is 0.735. The number of rotatable bonds is 2. The van der Waals surface area contributed by atoms with Crippen molar-refractivity contribution < 1.29 is 13.2 Å². The molecule has 0 radical (unpaired) electrons. The molecule has 6 heteroatoms. The topological polar surface area (TPSA) is 46.6 Å². The summed E-state index contributed by atoms with van der Waals surface area (Å²) in [6.07, 6.45) is 0. The molecule has 1 aromatic rings. The van der Waals surface area contributed by atoms with Gasteiger partial charge < -0.3 is 4.74 Å². The lowest BCUT2D eigenvalue weighted by atomic mass is 10.3. The second-order valence-electron chi connectivity index (χ2n) is 3.34. The molecule has 0 saturated heterocycles. The van der Waals surface area contributed by atoms with Crippen molar-refractivity contribution in [1.29, 1.82) is 0 Å². The first kappa shape index (κ1) is 11.3. The van der Waals surface area contributed by atoms with E-state index in [-0.39, 0.29) is 11.8 Å². The molecule has 86 valence electrons. The maximum absolute atomic E-state index is 11.4. The fraction of sp³-hybridized carbons (Fsp3) is 0.200. The zero-order chi connectivity index (χ0) is 11.8. The maximum Gasteiger partial charge on any atom is 0.280 e. The largest absolute Gasteiger partial charge is 0.474 e. The molecule has 0 bridgehead atoms. The average Bonchev–Trinajstić information content (AvgIpc) is 2.61. The number of hydrogen-bond acceptors (Lipinski definition) is 4. The van der Waals surface area contributed by atoms with Crippen LogP contribution in [0.15, 0.2) is 41.1 Å². The second kappa shape index (κ2) is 3.99. The van der Waals surface area contributed by atoms with Gasteiger partial charge in [-0.3, -0.25) is 4.90 Å². The molecule has 0 spiro atoms. The lowest BCUT2D eigenvalue weighted by Crippen LogP contribution is -2.22. The van der Waals surface area contributed by atoms with Gasteiger partial charge in [-0.1, -0.05) is 18.2 Å². The quantitative estimate of drug-likeness (QED) is 0.764. The van der Waals surface area contributed by atoms with E-state index in [1.165, 1.54) is 4.90 Å². The van der Waals surface area contributed by atoms with E-state index in [9.17, 15) is 8.42 Å². The van der Waals surface area contributed by atoms with Gasteiger partial charge in [-0.15, -0.1) is 0 Å². The van der Waals surface area contributed by atoms with Gasteiger partial charge >= 0.3 is 0 Å². The molecule has 1 heterocycles. The van der Waals surface area contributed by atoms with E-state index in [4.69, 9.17) is 15.4 Å². The van der Waals surface area contributed by atoms with Gasteiger partial charge in [0.25, 0.3) is 9.05 Å². The third-order valence-electron chi connectivity index (χ3n) is 2.26. The number of para-hydroxylation sites is 1. The zero-order valence-electron chi connectivity index (χ0n) is 8.55. The van der Waals surface area contributed by atoms with E-state index in [0.29, 0.717) is 5.76 Å². The molecule has 16 heavy (non-hydrogen) atoms. The summed E-state index contributed by atoms with van der Waals surface area (Å²) in [6, 6.07) is 9.09. The Balaban J connectivity index is 2.47. The van der Waals surface area contributed by atoms with Crippen LogP contribution in [0.25, 0.3) is 0 Å². The first-order chi connectivity index (χ1) is 7.50. The molecule has 1 aliphatic rings. The predicted octanol–water partition coefficient (Wildman–Crippen LogP) is 2.24. The highest BCUT2D eigenvalue weighted by atomic mass is 35.7. The molecule has 0 fully saturated rings. The summed E-state index contributed by atoms with van der Waals surface area (Å²) in [5, 5.41) is 0.0142. The molecule has 0 amide bonds. The standard InChI is InChI=1S/C10H10ClNO3S/c1-8-10(16(11,13)14)12(7-15-8)9-5-3-2-4-6-9/h2-6H,7H2,1H3. The predicted molar refractivity (Wildman–Crippen MR) is 62.3 cm³/mol. The van der Waals surface area contributed by atoms with Crippen LogP contribution in [-0.4, -0.2) is 15.1 Å². The lowest BCUT2D eigenvalue weighted by molar-refractivity contribution is 0.247. The highest BCUT2D eigenvalue weighted by Gasteiger charge is 2.31. The monoisotopic (exact) mass is 259 g/mol. The number of hydrogen-bond donors (Lipinski definition) is 0. The van der Waals surface area contributed by atoms with Crippen LogP contribution in [0.1, 0.15) is 6.92 Å². The Bertz CT molecular complexity index is 524. The molecule has 4 nitrogen and oxygen atoms in total. The van der Waals surface area contributed by atoms with Crippen molar-refractivity contribution >= 4 is 25.4 Å². The van der Waals surface area contributed by atoms with Crippen LogP contribution in [0, 0.1) is 0 Å². The number of allylic oxidation sites excluding steroid dienone is 1. The Morgan fingerprint density at radius 2 is 1.94 bits per heavy atom. The number of halogens is 1. The molecule has 1 aromatic carbocycles. The van der Waals surface area contributed by atoms with Gasteiger partial charge in [0, 0.05) is 16.4 Å². The normalized spacial score (nSPS) is 16.5. The number of anilines is 1. The van der Waals surface area contributed by atoms with E-state index in [1.807, 2.05) is 18.2 Å². The summed E-state index contributed by atoms with van der Waals surface area (Å²) in [7, 11) is 1.58. The second-order valence-corrected chi connectivity index (χ2v) is 5.82. The van der Waals surface area contributed by atoms with Gasteiger partial charge in [-0.25, -0.2) is 8.42 Å².